The Balaban J connectivity index is 2.04. The number of likely N-dealkylation sites (tertiary alicyclic amines) is 1. The lowest BCUT2D eigenvalue weighted by Gasteiger charge is -2.27. The lowest BCUT2D eigenvalue weighted by atomic mass is 9.93. The number of amides is 1. The molecule has 3 rings (SSSR count). The molecule has 0 bridgehead atoms. The van der Waals surface area contributed by atoms with Crippen LogP contribution in [0, 0.1) is 0 Å². The van der Waals surface area contributed by atoms with Gasteiger partial charge in [0.25, 0.3) is 0 Å². The number of methoxy groups -OCH3 is 1. The lowest BCUT2D eigenvalue weighted by Crippen LogP contribution is -2.45. The van der Waals surface area contributed by atoms with E-state index in [4.69, 9.17) is 4.74 Å². The van der Waals surface area contributed by atoms with Crippen molar-refractivity contribution in [1.82, 2.24) is 4.90 Å². The predicted molar refractivity (Wildman–Crippen MR) is 66.3 cm³/mol. The molecule has 2 aliphatic rings. The summed E-state index contributed by atoms with van der Waals surface area (Å²) in [4.78, 5) is 13.2. The first-order valence-corrected chi connectivity index (χ1v) is 6.01. The van der Waals surface area contributed by atoms with E-state index in [-0.39, 0.29) is 12.1 Å². The number of ether oxygens (including phenoxy) is 1. The van der Waals surface area contributed by atoms with Crippen molar-refractivity contribution in [2.24, 2.45) is 0 Å². The van der Waals surface area contributed by atoms with Gasteiger partial charge in [-0.15, -0.1) is 0 Å². The molecule has 0 radical (unpaired) electrons. The van der Waals surface area contributed by atoms with Crippen LogP contribution in [0.15, 0.2) is 18.2 Å². The molecule has 2 heterocycles. The average molecular weight is 248 g/mol. The van der Waals surface area contributed by atoms with Crippen LogP contribution in [-0.4, -0.2) is 35.7 Å². The molecule has 18 heavy (non-hydrogen) atoms. The number of fused-ring (bicyclic) bond motifs is 3. The molecule has 5 nitrogen and oxygen atoms in total. The maximum atomic E-state index is 11.6. The molecular formula is C13H16N2O3. The van der Waals surface area contributed by atoms with Gasteiger partial charge in [-0.2, -0.15) is 0 Å². The number of hydrogen-bond donors (Lipinski definition) is 2. The summed E-state index contributed by atoms with van der Waals surface area (Å²) in [5.74, 6) is 0.689. The van der Waals surface area contributed by atoms with Crippen LogP contribution in [-0.2, 0) is 10.4 Å². The molecule has 96 valence electrons. The fraction of sp³-hybridized carbons (Fsp3) is 0.462. The third kappa shape index (κ3) is 1.34. The van der Waals surface area contributed by atoms with Crippen molar-refractivity contribution in [3.8, 4) is 5.75 Å². The summed E-state index contributed by atoms with van der Waals surface area (Å²) < 4.78 is 5.19. The van der Waals surface area contributed by atoms with Gasteiger partial charge in [0.15, 0.2) is 0 Å². The molecule has 1 aromatic rings. The Kier molecular flexibility index (Phi) is 2.28. The van der Waals surface area contributed by atoms with E-state index in [2.05, 4.69) is 5.32 Å². The van der Waals surface area contributed by atoms with Crippen molar-refractivity contribution < 1.29 is 14.6 Å². The third-order valence-electron chi connectivity index (χ3n) is 3.89. The molecular weight excluding hydrogens is 232 g/mol. The number of nitrogens with one attached hydrogen (secondary N) is 1. The maximum Gasteiger partial charge on any atom is 0.221 e. The van der Waals surface area contributed by atoms with Gasteiger partial charge in [-0.05, 0) is 18.2 Å². The van der Waals surface area contributed by atoms with E-state index in [9.17, 15) is 9.90 Å². The standard InChI is InChI=1S/C13H16N2O3/c1-8(16)15-6-5-13(17)10-7-9(18-2)3-4-11(10)14-12(13)15/h3-4,7,12,14,17H,5-6H2,1-2H3/t12-,13+/m0/s1. The Morgan fingerprint density at radius 2 is 2.39 bits per heavy atom. The van der Waals surface area contributed by atoms with Crippen molar-refractivity contribution in [1.29, 1.82) is 0 Å². The maximum absolute atomic E-state index is 11.6. The van der Waals surface area contributed by atoms with E-state index in [1.165, 1.54) is 6.92 Å². The van der Waals surface area contributed by atoms with Gasteiger partial charge < -0.3 is 20.1 Å². The smallest absolute Gasteiger partial charge is 0.221 e. The normalized spacial score (nSPS) is 28.6. The molecule has 2 atom stereocenters. The van der Waals surface area contributed by atoms with Crippen LogP contribution in [0.25, 0.3) is 0 Å². The minimum atomic E-state index is -1.00. The minimum absolute atomic E-state index is 0.0248. The summed E-state index contributed by atoms with van der Waals surface area (Å²) in [5.41, 5.74) is 0.681. The Bertz CT molecular complexity index is 517. The highest BCUT2D eigenvalue weighted by Gasteiger charge is 2.53. The molecule has 2 N–H and O–H groups in total. The molecule has 1 fully saturated rings. The second-order valence-corrected chi connectivity index (χ2v) is 4.85. The summed E-state index contributed by atoms with van der Waals surface area (Å²) >= 11 is 0. The van der Waals surface area contributed by atoms with Crippen molar-refractivity contribution in [2.75, 3.05) is 19.0 Å². The van der Waals surface area contributed by atoms with Gasteiger partial charge in [0.1, 0.15) is 17.5 Å². The van der Waals surface area contributed by atoms with Crippen LogP contribution < -0.4 is 10.1 Å². The van der Waals surface area contributed by atoms with Crippen molar-refractivity contribution in [3.63, 3.8) is 0 Å². The summed E-state index contributed by atoms with van der Waals surface area (Å²) in [6, 6.07) is 5.56. The molecule has 1 aromatic carbocycles. The number of aliphatic hydroxyl groups is 1. The van der Waals surface area contributed by atoms with E-state index >= 15 is 0 Å². The van der Waals surface area contributed by atoms with Crippen LogP contribution in [0.2, 0.25) is 0 Å². The van der Waals surface area contributed by atoms with Crippen molar-refractivity contribution in [2.45, 2.75) is 25.1 Å². The highest BCUT2D eigenvalue weighted by Crippen LogP contribution is 2.47. The molecule has 0 aliphatic carbocycles. The Morgan fingerprint density at radius 3 is 3.06 bits per heavy atom. The van der Waals surface area contributed by atoms with Gasteiger partial charge in [-0.25, -0.2) is 0 Å². The van der Waals surface area contributed by atoms with Gasteiger partial charge in [0, 0.05) is 31.1 Å². The molecule has 0 aromatic heterocycles. The highest BCUT2D eigenvalue weighted by atomic mass is 16.5. The fourth-order valence-electron chi connectivity index (χ4n) is 2.91. The highest BCUT2D eigenvalue weighted by molar-refractivity contribution is 5.76. The van der Waals surface area contributed by atoms with Crippen LogP contribution in [0.3, 0.4) is 0 Å². The number of carbonyl (C=O) groups excluding carboxylic acids is 1. The van der Waals surface area contributed by atoms with Crippen LogP contribution in [0.5, 0.6) is 5.75 Å². The van der Waals surface area contributed by atoms with E-state index in [1.807, 2.05) is 18.2 Å². The summed E-state index contributed by atoms with van der Waals surface area (Å²) in [7, 11) is 1.60. The second-order valence-electron chi connectivity index (χ2n) is 4.85. The molecule has 5 heteroatoms. The predicted octanol–water partition coefficient (Wildman–Crippen LogP) is 0.887. The van der Waals surface area contributed by atoms with Crippen LogP contribution in [0.4, 0.5) is 5.69 Å². The summed E-state index contributed by atoms with van der Waals surface area (Å²) in [6.07, 6.45) is 0.182. The number of rotatable bonds is 1. The molecule has 0 spiro atoms. The molecule has 0 saturated carbocycles. The first-order chi connectivity index (χ1) is 8.56. The zero-order chi connectivity index (χ0) is 12.9. The average Bonchev–Trinajstić information content (AvgIpc) is 2.81. The zero-order valence-electron chi connectivity index (χ0n) is 10.4. The van der Waals surface area contributed by atoms with Gasteiger partial charge >= 0.3 is 0 Å². The first-order valence-electron chi connectivity index (χ1n) is 6.01. The minimum Gasteiger partial charge on any atom is -0.497 e. The third-order valence-corrected chi connectivity index (χ3v) is 3.89. The van der Waals surface area contributed by atoms with E-state index in [0.29, 0.717) is 18.7 Å². The number of anilines is 1. The number of hydrogen-bond acceptors (Lipinski definition) is 4. The largest absolute Gasteiger partial charge is 0.497 e. The topological polar surface area (TPSA) is 61.8 Å². The second kappa shape index (κ2) is 3.62. The van der Waals surface area contributed by atoms with Gasteiger partial charge in [0.05, 0.1) is 7.11 Å². The summed E-state index contributed by atoms with van der Waals surface area (Å²) in [6.45, 7) is 2.09. The number of nitrogens with zero attached hydrogens (tertiary/aromatic N) is 1. The van der Waals surface area contributed by atoms with Gasteiger partial charge in [-0.1, -0.05) is 0 Å². The zero-order valence-corrected chi connectivity index (χ0v) is 10.4. The van der Waals surface area contributed by atoms with Crippen LogP contribution in [0.1, 0.15) is 18.9 Å². The number of benzene rings is 1. The summed E-state index contributed by atoms with van der Waals surface area (Å²) in [5, 5.41) is 14.0. The Morgan fingerprint density at radius 1 is 1.61 bits per heavy atom. The number of carbonyl (C=O) groups is 1. The Labute approximate surface area is 105 Å². The fourth-order valence-corrected chi connectivity index (χ4v) is 2.91. The monoisotopic (exact) mass is 248 g/mol. The van der Waals surface area contributed by atoms with Gasteiger partial charge in [0.2, 0.25) is 5.91 Å². The Hall–Kier alpha value is -1.75. The van der Waals surface area contributed by atoms with Crippen molar-refractivity contribution >= 4 is 11.6 Å². The van der Waals surface area contributed by atoms with Gasteiger partial charge in [-0.3, -0.25) is 4.79 Å². The quantitative estimate of drug-likeness (QED) is 0.774. The molecule has 1 amide bonds. The molecule has 2 aliphatic heterocycles. The van der Waals surface area contributed by atoms with Crippen LogP contribution >= 0.6 is 0 Å². The van der Waals surface area contributed by atoms with E-state index in [1.54, 1.807) is 12.0 Å². The van der Waals surface area contributed by atoms with Crippen molar-refractivity contribution in [3.05, 3.63) is 23.8 Å². The SMILES string of the molecule is COc1ccc2c(c1)[C@]1(O)CCN(C(C)=O)[C@@H]1N2. The van der Waals surface area contributed by atoms with E-state index in [0.717, 1.165) is 11.3 Å². The van der Waals surface area contributed by atoms with E-state index < -0.39 is 5.60 Å². The molecule has 0 unspecified atom stereocenters. The molecule has 1 saturated heterocycles. The first kappa shape index (κ1) is 11.3. The lowest BCUT2D eigenvalue weighted by molar-refractivity contribution is -0.131.